The molecule has 1 heteroatoms. The molecule has 1 aromatic carbocycles. The molecule has 0 radical (unpaired) electrons. The van der Waals surface area contributed by atoms with Gasteiger partial charge in [-0.05, 0) is 35.9 Å². The van der Waals surface area contributed by atoms with E-state index >= 15 is 0 Å². The molecule has 0 bridgehead atoms. The molecule has 16 heavy (non-hydrogen) atoms. The molecule has 1 unspecified atom stereocenters. The zero-order chi connectivity index (χ0) is 11.6. The summed E-state index contributed by atoms with van der Waals surface area (Å²) in [6.45, 7) is 7.46. The molecule has 0 nitrogen and oxygen atoms in total. The van der Waals surface area contributed by atoms with Gasteiger partial charge in [-0.3, -0.25) is 0 Å². The van der Waals surface area contributed by atoms with Gasteiger partial charge in [0.25, 0.3) is 0 Å². The molecule has 0 spiro atoms. The van der Waals surface area contributed by atoms with Crippen molar-refractivity contribution in [2.45, 2.75) is 44.4 Å². The first-order chi connectivity index (χ1) is 7.57. The van der Waals surface area contributed by atoms with Crippen molar-refractivity contribution in [2.24, 2.45) is 0 Å². The molecule has 0 aromatic heterocycles. The highest BCUT2D eigenvalue weighted by Crippen LogP contribution is 2.38. The molecule has 1 atom stereocenters. The SMILES string of the molecule is C[Si](C)(C)C1C=C(c2ccccc2)CCC1. The highest BCUT2D eigenvalue weighted by atomic mass is 28.3. The van der Waals surface area contributed by atoms with E-state index in [2.05, 4.69) is 56.0 Å². The third kappa shape index (κ3) is 2.65. The summed E-state index contributed by atoms with van der Waals surface area (Å²) in [5.41, 5.74) is 3.89. The van der Waals surface area contributed by atoms with Gasteiger partial charge in [0.15, 0.2) is 0 Å². The number of hydrogen-bond acceptors (Lipinski definition) is 0. The molecule has 0 saturated heterocycles. The van der Waals surface area contributed by atoms with Crippen LogP contribution in [0, 0.1) is 0 Å². The second-order valence-corrected chi connectivity index (χ2v) is 11.4. The van der Waals surface area contributed by atoms with Crippen LogP contribution in [-0.2, 0) is 0 Å². The Morgan fingerprint density at radius 1 is 1.06 bits per heavy atom. The molecule has 0 saturated carbocycles. The lowest BCUT2D eigenvalue weighted by Crippen LogP contribution is -2.28. The average molecular weight is 230 g/mol. The largest absolute Gasteiger partial charge is 0.0803 e. The van der Waals surface area contributed by atoms with Crippen molar-refractivity contribution in [1.82, 2.24) is 0 Å². The Kier molecular flexibility index (Phi) is 3.34. The summed E-state index contributed by atoms with van der Waals surface area (Å²) in [6, 6.07) is 10.9. The standard InChI is InChI=1S/C15H22Si/c1-16(2,3)15-11-7-10-14(12-15)13-8-5-4-6-9-13/h4-6,8-9,12,15H,7,10-11H2,1-3H3. The van der Waals surface area contributed by atoms with Crippen molar-refractivity contribution in [3.63, 3.8) is 0 Å². The lowest BCUT2D eigenvalue weighted by atomic mass is 9.93. The van der Waals surface area contributed by atoms with Crippen molar-refractivity contribution < 1.29 is 0 Å². The van der Waals surface area contributed by atoms with Gasteiger partial charge in [-0.2, -0.15) is 0 Å². The van der Waals surface area contributed by atoms with Gasteiger partial charge in [0.1, 0.15) is 0 Å². The number of hydrogen-bond donors (Lipinski definition) is 0. The summed E-state index contributed by atoms with van der Waals surface area (Å²) in [7, 11) is -1.01. The molecule has 1 aliphatic carbocycles. The first kappa shape index (κ1) is 11.7. The topological polar surface area (TPSA) is 0 Å². The second-order valence-electron chi connectivity index (χ2n) is 5.92. The van der Waals surface area contributed by atoms with E-state index in [1.54, 1.807) is 5.57 Å². The van der Waals surface area contributed by atoms with E-state index in [0.29, 0.717) is 0 Å². The summed E-state index contributed by atoms with van der Waals surface area (Å²) < 4.78 is 0. The third-order valence-electron chi connectivity index (χ3n) is 3.62. The lowest BCUT2D eigenvalue weighted by Gasteiger charge is -2.30. The fourth-order valence-electron chi connectivity index (χ4n) is 2.50. The molecule has 1 aromatic rings. The van der Waals surface area contributed by atoms with E-state index in [1.807, 2.05) is 0 Å². The summed E-state index contributed by atoms with van der Waals surface area (Å²) in [4.78, 5) is 0. The minimum Gasteiger partial charge on any atom is -0.0803 e. The van der Waals surface area contributed by atoms with Gasteiger partial charge in [0.2, 0.25) is 0 Å². The molecule has 0 amide bonds. The first-order valence-corrected chi connectivity index (χ1v) is 9.91. The minimum absolute atomic E-state index is 0.872. The Bertz CT molecular complexity index is 370. The van der Waals surface area contributed by atoms with Crippen molar-refractivity contribution in [3.05, 3.63) is 42.0 Å². The number of rotatable bonds is 2. The van der Waals surface area contributed by atoms with Crippen LogP contribution in [0.5, 0.6) is 0 Å². The van der Waals surface area contributed by atoms with Gasteiger partial charge < -0.3 is 0 Å². The molecule has 86 valence electrons. The van der Waals surface area contributed by atoms with E-state index in [-0.39, 0.29) is 0 Å². The van der Waals surface area contributed by atoms with Gasteiger partial charge in [0, 0.05) is 0 Å². The van der Waals surface area contributed by atoms with E-state index in [1.165, 1.54) is 24.8 Å². The molecule has 2 rings (SSSR count). The van der Waals surface area contributed by atoms with Crippen LogP contribution in [0.4, 0.5) is 0 Å². The van der Waals surface area contributed by atoms with Crippen molar-refractivity contribution in [2.75, 3.05) is 0 Å². The fraction of sp³-hybridized carbons (Fsp3) is 0.467. The van der Waals surface area contributed by atoms with Crippen LogP contribution in [-0.4, -0.2) is 8.07 Å². The maximum atomic E-state index is 2.57. The normalized spacial score (nSPS) is 21.7. The van der Waals surface area contributed by atoms with E-state index in [9.17, 15) is 0 Å². The molecular formula is C15H22Si. The van der Waals surface area contributed by atoms with Crippen LogP contribution in [0.25, 0.3) is 5.57 Å². The zero-order valence-corrected chi connectivity index (χ0v) is 11.7. The van der Waals surface area contributed by atoms with Gasteiger partial charge in [-0.15, -0.1) is 0 Å². The summed E-state index contributed by atoms with van der Waals surface area (Å²) >= 11 is 0. The first-order valence-electron chi connectivity index (χ1n) is 6.33. The Hall–Kier alpha value is -0.823. The van der Waals surface area contributed by atoms with Crippen LogP contribution < -0.4 is 0 Å². The molecule has 0 fully saturated rings. The monoisotopic (exact) mass is 230 g/mol. The predicted octanol–water partition coefficient (Wildman–Crippen LogP) is 4.96. The Balaban J connectivity index is 2.26. The second kappa shape index (κ2) is 4.58. The average Bonchev–Trinajstić information content (AvgIpc) is 2.29. The quantitative estimate of drug-likeness (QED) is 0.630. The smallest absolute Gasteiger partial charge is 0.0513 e. The van der Waals surface area contributed by atoms with Crippen LogP contribution in [0.3, 0.4) is 0 Å². The lowest BCUT2D eigenvalue weighted by molar-refractivity contribution is 0.724. The van der Waals surface area contributed by atoms with Crippen molar-refractivity contribution in [3.8, 4) is 0 Å². The molecule has 0 N–H and O–H groups in total. The molecule has 1 aliphatic rings. The van der Waals surface area contributed by atoms with Crippen LogP contribution in [0.15, 0.2) is 36.4 Å². The maximum Gasteiger partial charge on any atom is 0.0513 e. The molecule has 0 heterocycles. The maximum absolute atomic E-state index is 2.57. The summed E-state index contributed by atoms with van der Waals surface area (Å²) in [6.07, 6.45) is 6.62. The summed E-state index contributed by atoms with van der Waals surface area (Å²) in [5, 5.41) is 0. The zero-order valence-electron chi connectivity index (χ0n) is 10.7. The third-order valence-corrected chi connectivity index (χ3v) is 6.30. The molecule has 0 aliphatic heterocycles. The Morgan fingerprint density at radius 2 is 1.75 bits per heavy atom. The van der Waals surface area contributed by atoms with Gasteiger partial charge >= 0.3 is 0 Å². The van der Waals surface area contributed by atoms with Crippen LogP contribution in [0.2, 0.25) is 25.2 Å². The highest BCUT2D eigenvalue weighted by molar-refractivity contribution is 6.78. The fourth-order valence-corrected chi connectivity index (χ4v) is 4.27. The van der Waals surface area contributed by atoms with Gasteiger partial charge in [-0.25, -0.2) is 0 Å². The van der Waals surface area contributed by atoms with Gasteiger partial charge in [-0.1, -0.05) is 56.0 Å². The molecular weight excluding hydrogens is 208 g/mol. The van der Waals surface area contributed by atoms with E-state index in [4.69, 9.17) is 0 Å². The number of allylic oxidation sites excluding steroid dienone is 2. The van der Waals surface area contributed by atoms with Crippen LogP contribution >= 0.6 is 0 Å². The highest BCUT2D eigenvalue weighted by Gasteiger charge is 2.27. The Morgan fingerprint density at radius 3 is 2.38 bits per heavy atom. The van der Waals surface area contributed by atoms with E-state index in [0.717, 1.165) is 5.54 Å². The minimum atomic E-state index is -1.01. The van der Waals surface area contributed by atoms with E-state index < -0.39 is 8.07 Å². The van der Waals surface area contributed by atoms with Gasteiger partial charge in [0.05, 0.1) is 8.07 Å². The Labute approximate surface area is 100 Å². The van der Waals surface area contributed by atoms with Crippen molar-refractivity contribution in [1.29, 1.82) is 0 Å². The predicted molar refractivity (Wildman–Crippen MR) is 75.4 cm³/mol. The van der Waals surface area contributed by atoms with Crippen molar-refractivity contribution >= 4 is 13.6 Å². The summed E-state index contributed by atoms with van der Waals surface area (Å²) in [5.74, 6) is 0. The van der Waals surface area contributed by atoms with Crippen LogP contribution in [0.1, 0.15) is 24.8 Å². The number of benzene rings is 1.